The van der Waals surface area contributed by atoms with E-state index in [1.165, 1.54) is 0 Å². The lowest BCUT2D eigenvalue weighted by atomic mass is 10.2. The predicted molar refractivity (Wildman–Crippen MR) is 123 cm³/mol. The number of rotatable bonds is 7. The number of aromatic nitrogens is 4. The zero-order valence-corrected chi connectivity index (χ0v) is 18.1. The summed E-state index contributed by atoms with van der Waals surface area (Å²) in [4.78, 5) is 14.8. The van der Waals surface area contributed by atoms with Crippen molar-refractivity contribution in [3.05, 3.63) is 94.9 Å². The predicted octanol–water partition coefficient (Wildman–Crippen LogP) is 4.15. The van der Waals surface area contributed by atoms with Gasteiger partial charge in [0.1, 0.15) is 5.82 Å². The molecule has 0 aliphatic carbocycles. The van der Waals surface area contributed by atoms with Crippen molar-refractivity contribution >= 4 is 29.0 Å². The Hall–Kier alpha value is -3.58. The molecule has 0 saturated carbocycles. The van der Waals surface area contributed by atoms with Gasteiger partial charge in [-0.1, -0.05) is 41.9 Å². The summed E-state index contributed by atoms with van der Waals surface area (Å²) < 4.78 is 3.45. The van der Waals surface area contributed by atoms with E-state index in [4.69, 9.17) is 11.6 Å². The molecule has 0 fully saturated rings. The van der Waals surface area contributed by atoms with Crippen LogP contribution in [-0.2, 0) is 13.1 Å². The number of anilines is 2. The van der Waals surface area contributed by atoms with Crippen LogP contribution in [-0.4, -0.2) is 39.6 Å². The molecule has 4 rings (SSSR count). The van der Waals surface area contributed by atoms with Crippen molar-refractivity contribution in [2.24, 2.45) is 0 Å². The lowest BCUT2D eigenvalue weighted by molar-refractivity contribution is 0.102. The highest BCUT2D eigenvalue weighted by Crippen LogP contribution is 2.17. The number of nitrogens with zero attached hydrogens (tertiary/aromatic N) is 5. The van der Waals surface area contributed by atoms with Crippen molar-refractivity contribution in [3.63, 3.8) is 0 Å². The molecule has 1 amide bonds. The summed E-state index contributed by atoms with van der Waals surface area (Å²) in [6, 6.07) is 17.6. The number of nitrogens with one attached hydrogen (secondary N) is 1. The zero-order chi connectivity index (χ0) is 21.8. The molecule has 0 aliphatic heterocycles. The van der Waals surface area contributed by atoms with Gasteiger partial charge in [0.2, 0.25) is 0 Å². The lowest BCUT2D eigenvalue weighted by Gasteiger charge is -2.13. The molecule has 0 unspecified atom stereocenters. The van der Waals surface area contributed by atoms with Crippen LogP contribution in [0.25, 0.3) is 0 Å². The molecule has 2 aromatic carbocycles. The van der Waals surface area contributed by atoms with Crippen LogP contribution in [0.4, 0.5) is 11.5 Å². The first kappa shape index (κ1) is 20.7. The lowest BCUT2D eigenvalue weighted by Crippen LogP contribution is -2.16. The van der Waals surface area contributed by atoms with Crippen LogP contribution >= 0.6 is 11.6 Å². The van der Waals surface area contributed by atoms with Gasteiger partial charge in [-0.3, -0.25) is 9.48 Å². The smallest absolute Gasteiger partial charge is 0.259 e. The SMILES string of the molecule is CN(C)c1ccc(Cn2nccc2NC(=O)c2cnn(Cc3ccccc3Cl)c2)cc1. The van der Waals surface area contributed by atoms with Crippen LogP contribution in [0.2, 0.25) is 5.02 Å². The van der Waals surface area contributed by atoms with E-state index in [-0.39, 0.29) is 5.91 Å². The van der Waals surface area contributed by atoms with Crippen molar-refractivity contribution in [1.29, 1.82) is 0 Å². The molecule has 2 heterocycles. The summed E-state index contributed by atoms with van der Waals surface area (Å²) in [7, 11) is 4.01. The molecule has 0 saturated heterocycles. The van der Waals surface area contributed by atoms with Crippen LogP contribution in [0.15, 0.2) is 73.2 Å². The zero-order valence-electron chi connectivity index (χ0n) is 17.4. The summed E-state index contributed by atoms with van der Waals surface area (Å²) in [6.07, 6.45) is 4.93. The van der Waals surface area contributed by atoms with Crippen molar-refractivity contribution in [3.8, 4) is 0 Å². The Bertz CT molecular complexity index is 1180. The second-order valence-electron chi connectivity index (χ2n) is 7.41. The fourth-order valence-corrected chi connectivity index (χ4v) is 3.39. The maximum absolute atomic E-state index is 12.7. The van der Waals surface area contributed by atoms with Gasteiger partial charge in [-0.15, -0.1) is 0 Å². The van der Waals surface area contributed by atoms with Crippen LogP contribution in [0.5, 0.6) is 0 Å². The molecule has 0 aliphatic rings. The standard InChI is InChI=1S/C23H23ClN6O/c1-28(2)20-9-7-17(8-10-20)14-30-22(11-12-25-30)27-23(31)19-13-26-29(16-19)15-18-5-3-4-6-21(18)24/h3-13,16H,14-15H2,1-2H3,(H,27,31). The molecular weight excluding hydrogens is 412 g/mol. The molecular formula is C23H23ClN6O. The van der Waals surface area contributed by atoms with Gasteiger partial charge in [0.25, 0.3) is 5.91 Å². The molecule has 7 nitrogen and oxygen atoms in total. The molecule has 0 bridgehead atoms. The largest absolute Gasteiger partial charge is 0.378 e. The number of carbonyl (C=O) groups is 1. The van der Waals surface area contributed by atoms with E-state index in [2.05, 4.69) is 44.7 Å². The first-order valence-electron chi connectivity index (χ1n) is 9.85. The van der Waals surface area contributed by atoms with Crippen molar-refractivity contribution in [1.82, 2.24) is 19.6 Å². The molecule has 8 heteroatoms. The number of hydrogen-bond acceptors (Lipinski definition) is 4. The van der Waals surface area contributed by atoms with E-state index >= 15 is 0 Å². The number of benzene rings is 2. The van der Waals surface area contributed by atoms with Crippen molar-refractivity contribution < 1.29 is 4.79 Å². The van der Waals surface area contributed by atoms with E-state index < -0.39 is 0 Å². The minimum Gasteiger partial charge on any atom is -0.378 e. The van der Waals surface area contributed by atoms with Gasteiger partial charge in [0.05, 0.1) is 31.0 Å². The van der Waals surface area contributed by atoms with E-state index in [0.29, 0.717) is 29.5 Å². The monoisotopic (exact) mass is 434 g/mol. The number of carbonyl (C=O) groups excluding carboxylic acids is 1. The van der Waals surface area contributed by atoms with Crippen LogP contribution in [0.3, 0.4) is 0 Å². The van der Waals surface area contributed by atoms with E-state index in [9.17, 15) is 4.79 Å². The Morgan fingerprint density at radius 2 is 1.81 bits per heavy atom. The van der Waals surface area contributed by atoms with Crippen LogP contribution in [0.1, 0.15) is 21.5 Å². The average molecular weight is 435 g/mol. The van der Waals surface area contributed by atoms with Gasteiger partial charge in [-0.05, 0) is 29.3 Å². The topological polar surface area (TPSA) is 68.0 Å². The first-order chi connectivity index (χ1) is 15.0. The Labute approximate surface area is 185 Å². The average Bonchev–Trinajstić information content (AvgIpc) is 3.40. The molecule has 0 spiro atoms. The van der Waals surface area contributed by atoms with Gasteiger partial charge < -0.3 is 10.2 Å². The van der Waals surface area contributed by atoms with E-state index in [0.717, 1.165) is 16.8 Å². The highest BCUT2D eigenvalue weighted by atomic mass is 35.5. The van der Waals surface area contributed by atoms with E-state index in [1.807, 2.05) is 38.4 Å². The fourth-order valence-electron chi connectivity index (χ4n) is 3.19. The summed E-state index contributed by atoms with van der Waals surface area (Å²) in [5, 5.41) is 12.2. The van der Waals surface area contributed by atoms with Gasteiger partial charge in [-0.25, -0.2) is 4.68 Å². The summed E-state index contributed by atoms with van der Waals surface area (Å²) >= 11 is 6.21. The molecule has 2 aromatic heterocycles. The van der Waals surface area contributed by atoms with Gasteiger partial charge >= 0.3 is 0 Å². The number of halogens is 1. The molecule has 4 aromatic rings. The van der Waals surface area contributed by atoms with Crippen molar-refractivity contribution in [2.45, 2.75) is 13.1 Å². The molecule has 158 valence electrons. The second kappa shape index (κ2) is 9.06. The van der Waals surface area contributed by atoms with Gasteiger partial charge in [-0.2, -0.15) is 10.2 Å². The highest BCUT2D eigenvalue weighted by Gasteiger charge is 2.13. The molecule has 31 heavy (non-hydrogen) atoms. The third-order valence-electron chi connectivity index (χ3n) is 4.93. The number of hydrogen-bond donors (Lipinski definition) is 1. The Morgan fingerprint density at radius 1 is 1.03 bits per heavy atom. The Kier molecular flexibility index (Phi) is 6.04. The Balaban J connectivity index is 1.42. The quantitative estimate of drug-likeness (QED) is 0.474. The van der Waals surface area contributed by atoms with Crippen molar-refractivity contribution in [2.75, 3.05) is 24.3 Å². The summed E-state index contributed by atoms with van der Waals surface area (Å²) in [6.45, 7) is 1.05. The molecule has 1 N–H and O–H groups in total. The maximum Gasteiger partial charge on any atom is 0.259 e. The van der Waals surface area contributed by atoms with Gasteiger partial charge in [0.15, 0.2) is 0 Å². The minimum absolute atomic E-state index is 0.241. The minimum atomic E-state index is -0.241. The van der Waals surface area contributed by atoms with E-state index in [1.54, 1.807) is 34.0 Å². The first-order valence-corrected chi connectivity index (χ1v) is 10.2. The third-order valence-corrected chi connectivity index (χ3v) is 5.30. The normalized spacial score (nSPS) is 10.8. The van der Waals surface area contributed by atoms with Gasteiger partial charge in [0, 0.05) is 37.1 Å². The maximum atomic E-state index is 12.7. The third kappa shape index (κ3) is 4.95. The fraction of sp³-hybridized carbons (Fsp3) is 0.174. The Morgan fingerprint density at radius 3 is 2.55 bits per heavy atom. The molecule has 0 atom stereocenters. The number of amides is 1. The molecule has 0 radical (unpaired) electrons. The highest BCUT2D eigenvalue weighted by molar-refractivity contribution is 6.31. The van der Waals surface area contributed by atoms with Crippen LogP contribution < -0.4 is 10.2 Å². The second-order valence-corrected chi connectivity index (χ2v) is 7.81. The summed E-state index contributed by atoms with van der Waals surface area (Å²) in [5.74, 6) is 0.385. The summed E-state index contributed by atoms with van der Waals surface area (Å²) in [5.41, 5.74) is 3.64. The van der Waals surface area contributed by atoms with Crippen LogP contribution in [0, 0.1) is 0 Å².